The molecule has 0 bridgehead atoms. The van der Waals surface area contributed by atoms with E-state index in [4.69, 9.17) is 21.7 Å². The van der Waals surface area contributed by atoms with E-state index in [9.17, 15) is 9.59 Å². The molecule has 1 aromatic heterocycles. The van der Waals surface area contributed by atoms with Crippen molar-refractivity contribution in [2.45, 2.75) is 57.5 Å². The van der Waals surface area contributed by atoms with Crippen LogP contribution in [0.25, 0.3) is 0 Å². The molecule has 2 fully saturated rings. The Bertz CT molecular complexity index is 827. The first-order valence-corrected chi connectivity index (χ1v) is 12.5. The van der Waals surface area contributed by atoms with Crippen LogP contribution in [0.15, 0.2) is 0 Å². The molecule has 1 unspecified atom stereocenters. The fourth-order valence-electron chi connectivity index (χ4n) is 4.61. The molecule has 2 saturated heterocycles. The summed E-state index contributed by atoms with van der Waals surface area (Å²) < 4.78 is 10.6. The van der Waals surface area contributed by atoms with Crippen LogP contribution < -0.4 is 5.32 Å². The third-order valence-electron chi connectivity index (χ3n) is 6.36. The standard InChI is InChI=1S/C22H31N3O4S2/c1-28-21(27)18-15-7-4-2-3-5-9-17(15)31-19(18)23-22(30)25-12-10-24(11-13-25)20(26)16-8-6-14-29-16/h16H,2-14H2,1H3,(H,23,30). The Labute approximate surface area is 193 Å². The summed E-state index contributed by atoms with van der Waals surface area (Å²) >= 11 is 7.32. The molecule has 9 heteroatoms. The second-order valence-electron chi connectivity index (χ2n) is 8.36. The number of hydrogen-bond acceptors (Lipinski definition) is 6. The zero-order chi connectivity index (χ0) is 21.8. The quantitative estimate of drug-likeness (QED) is 0.543. The van der Waals surface area contributed by atoms with Gasteiger partial charge < -0.3 is 24.6 Å². The van der Waals surface area contributed by atoms with Gasteiger partial charge in [0.05, 0.1) is 12.7 Å². The molecule has 7 nitrogen and oxygen atoms in total. The molecule has 1 aliphatic carbocycles. The fraction of sp³-hybridized carbons (Fsp3) is 0.682. The van der Waals surface area contributed by atoms with Crippen molar-refractivity contribution in [3.05, 3.63) is 16.0 Å². The number of carbonyl (C=O) groups excluding carboxylic acids is 2. The van der Waals surface area contributed by atoms with Crippen molar-refractivity contribution in [1.82, 2.24) is 9.80 Å². The van der Waals surface area contributed by atoms with E-state index >= 15 is 0 Å². The minimum Gasteiger partial charge on any atom is -0.465 e. The number of ether oxygens (including phenoxy) is 2. The predicted molar refractivity (Wildman–Crippen MR) is 125 cm³/mol. The maximum Gasteiger partial charge on any atom is 0.341 e. The molecular weight excluding hydrogens is 434 g/mol. The Morgan fingerprint density at radius 3 is 2.45 bits per heavy atom. The molecule has 170 valence electrons. The monoisotopic (exact) mass is 465 g/mol. The van der Waals surface area contributed by atoms with Crippen molar-refractivity contribution < 1.29 is 19.1 Å². The van der Waals surface area contributed by atoms with Crippen LogP contribution in [0, 0.1) is 0 Å². The van der Waals surface area contributed by atoms with Crippen LogP contribution in [0.2, 0.25) is 0 Å². The van der Waals surface area contributed by atoms with Crippen LogP contribution in [-0.4, -0.2) is 72.8 Å². The number of nitrogens with zero attached hydrogens (tertiary/aromatic N) is 2. The number of fused-ring (bicyclic) bond motifs is 1. The van der Waals surface area contributed by atoms with Gasteiger partial charge in [-0.15, -0.1) is 11.3 Å². The van der Waals surface area contributed by atoms with Gasteiger partial charge in [-0.2, -0.15) is 0 Å². The van der Waals surface area contributed by atoms with Gasteiger partial charge in [0.25, 0.3) is 5.91 Å². The molecule has 1 N–H and O–H groups in total. The number of nitrogens with one attached hydrogen (secondary N) is 1. The van der Waals surface area contributed by atoms with Crippen LogP contribution in [0.3, 0.4) is 0 Å². The summed E-state index contributed by atoms with van der Waals surface area (Å²) in [6.07, 6.45) is 8.10. The van der Waals surface area contributed by atoms with E-state index in [1.807, 2.05) is 4.90 Å². The van der Waals surface area contributed by atoms with Crippen molar-refractivity contribution in [1.29, 1.82) is 0 Å². The van der Waals surface area contributed by atoms with Crippen LogP contribution in [0.4, 0.5) is 5.00 Å². The highest BCUT2D eigenvalue weighted by Gasteiger charge is 2.31. The Balaban J connectivity index is 1.42. The molecule has 1 atom stereocenters. The number of hydrogen-bond donors (Lipinski definition) is 1. The largest absolute Gasteiger partial charge is 0.465 e. The zero-order valence-corrected chi connectivity index (χ0v) is 19.7. The second kappa shape index (κ2) is 10.3. The smallest absolute Gasteiger partial charge is 0.341 e. The van der Waals surface area contributed by atoms with Crippen LogP contribution in [-0.2, 0) is 27.1 Å². The minimum absolute atomic E-state index is 0.0991. The van der Waals surface area contributed by atoms with E-state index in [0.29, 0.717) is 43.5 Å². The van der Waals surface area contributed by atoms with Crippen LogP contribution >= 0.6 is 23.6 Å². The Morgan fingerprint density at radius 1 is 1.06 bits per heavy atom. The van der Waals surface area contributed by atoms with Crippen LogP contribution in [0.1, 0.15) is 59.3 Å². The number of piperazine rings is 1. The highest BCUT2D eigenvalue weighted by atomic mass is 32.1. The van der Waals surface area contributed by atoms with E-state index in [1.54, 1.807) is 11.3 Å². The summed E-state index contributed by atoms with van der Waals surface area (Å²) in [7, 11) is 1.43. The van der Waals surface area contributed by atoms with Gasteiger partial charge in [0.1, 0.15) is 11.1 Å². The van der Waals surface area contributed by atoms with Crippen molar-refractivity contribution in [2.24, 2.45) is 0 Å². The average molecular weight is 466 g/mol. The van der Waals surface area contributed by atoms with Gasteiger partial charge in [-0.25, -0.2) is 4.79 Å². The molecule has 0 saturated carbocycles. The number of amides is 1. The molecule has 1 amide bonds. The highest BCUT2D eigenvalue weighted by molar-refractivity contribution is 7.80. The Kier molecular flexibility index (Phi) is 7.45. The fourth-order valence-corrected chi connectivity index (χ4v) is 6.23. The predicted octanol–water partition coefficient (Wildman–Crippen LogP) is 3.21. The van der Waals surface area contributed by atoms with E-state index < -0.39 is 0 Å². The Morgan fingerprint density at radius 2 is 1.77 bits per heavy atom. The first kappa shape index (κ1) is 22.5. The second-order valence-corrected chi connectivity index (χ2v) is 9.85. The molecule has 3 heterocycles. The maximum absolute atomic E-state index is 12.6. The van der Waals surface area contributed by atoms with E-state index in [1.165, 1.54) is 24.8 Å². The Hall–Kier alpha value is -1.71. The minimum atomic E-state index is -0.296. The van der Waals surface area contributed by atoms with Crippen LogP contribution in [0.5, 0.6) is 0 Å². The van der Waals surface area contributed by atoms with Crippen molar-refractivity contribution in [3.63, 3.8) is 0 Å². The summed E-state index contributed by atoms with van der Waals surface area (Å²) in [5, 5.41) is 4.73. The van der Waals surface area contributed by atoms with Gasteiger partial charge >= 0.3 is 5.97 Å². The lowest BCUT2D eigenvalue weighted by molar-refractivity contribution is -0.142. The lowest BCUT2D eigenvalue weighted by Gasteiger charge is -2.37. The summed E-state index contributed by atoms with van der Waals surface area (Å²) in [4.78, 5) is 30.4. The summed E-state index contributed by atoms with van der Waals surface area (Å²) in [5.74, 6) is -0.197. The van der Waals surface area contributed by atoms with E-state index in [0.717, 1.165) is 49.1 Å². The number of anilines is 1. The molecular formula is C22H31N3O4S2. The molecule has 0 aromatic carbocycles. The number of carbonyl (C=O) groups is 2. The molecule has 31 heavy (non-hydrogen) atoms. The van der Waals surface area contributed by atoms with Gasteiger partial charge in [0, 0.05) is 37.7 Å². The highest BCUT2D eigenvalue weighted by Crippen LogP contribution is 2.37. The number of rotatable bonds is 3. The van der Waals surface area contributed by atoms with E-state index in [2.05, 4.69) is 10.2 Å². The number of thiophene rings is 1. The summed E-state index contributed by atoms with van der Waals surface area (Å²) in [6.45, 7) is 3.28. The number of methoxy groups -OCH3 is 1. The number of esters is 1. The van der Waals surface area contributed by atoms with Gasteiger partial charge in [-0.3, -0.25) is 4.79 Å². The maximum atomic E-state index is 12.6. The van der Waals surface area contributed by atoms with Gasteiger partial charge in [-0.1, -0.05) is 12.8 Å². The lowest BCUT2D eigenvalue weighted by Crippen LogP contribution is -2.53. The first-order valence-electron chi connectivity index (χ1n) is 11.3. The van der Waals surface area contributed by atoms with Crippen molar-refractivity contribution in [2.75, 3.05) is 45.2 Å². The number of aryl methyl sites for hydroxylation is 1. The number of thiocarbonyl (C=S) groups is 1. The normalized spacial score (nSPS) is 21.8. The SMILES string of the molecule is COC(=O)c1c(NC(=S)N2CCN(C(=O)C3CCCO3)CC2)sc2c1CCCCCC2. The third-order valence-corrected chi connectivity index (χ3v) is 7.93. The summed E-state index contributed by atoms with van der Waals surface area (Å²) in [5.41, 5.74) is 1.78. The molecule has 1 aromatic rings. The van der Waals surface area contributed by atoms with Gasteiger partial charge in [-0.05, 0) is 56.3 Å². The first-order chi connectivity index (χ1) is 15.1. The molecule has 4 rings (SSSR count). The molecule has 2 aliphatic heterocycles. The molecule has 0 spiro atoms. The third kappa shape index (κ3) is 5.04. The molecule has 3 aliphatic rings. The summed E-state index contributed by atoms with van der Waals surface area (Å²) in [6, 6.07) is 0. The van der Waals surface area contributed by atoms with Gasteiger partial charge in [0.2, 0.25) is 0 Å². The van der Waals surface area contributed by atoms with E-state index in [-0.39, 0.29) is 18.0 Å². The van der Waals surface area contributed by atoms with Gasteiger partial charge in [0.15, 0.2) is 5.11 Å². The topological polar surface area (TPSA) is 71.1 Å². The average Bonchev–Trinajstić information content (AvgIpc) is 3.41. The molecule has 0 radical (unpaired) electrons. The van der Waals surface area contributed by atoms with Crippen molar-refractivity contribution in [3.8, 4) is 0 Å². The zero-order valence-electron chi connectivity index (χ0n) is 18.1. The lowest BCUT2D eigenvalue weighted by atomic mass is 9.96. The van der Waals surface area contributed by atoms with Crippen molar-refractivity contribution >= 4 is 45.5 Å².